The molecule has 3 N–H and O–H groups in total. The lowest BCUT2D eigenvalue weighted by molar-refractivity contribution is -0.116. The minimum Gasteiger partial charge on any atom is -0.346 e. The van der Waals surface area contributed by atoms with Crippen LogP contribution in [0, 0.1) is 11.8 Å². The van der Waals surface area contributed by atoms with Gasteiger partial charge in [0.1, 0.15) is 5.92 Å². The maximum Gasteiger partial charge on any atom is 0.296 e. The molecule has 3 aromatic rings. The van der Waals surface area contributed by atoms with Crippen LogP contribution in [0.2, 0.25) is 0 Å². The van der Waals surface area contributed by atoms with Crippen LogP contribution >= 0.6 is 0 Å². The molecule has 0 aromatic heterocycles. The van der Waals surface area contributed by atoms with Crippen LogP contribution < -0.4 is 10.6 Å². The molecular formula is C28H26N4O3. The molecule has 0 saturated heterocycles. The van der Waals surface area contributed by atoms with Gasteiger partial charge in [0.05, 0.1) is 11.4 Å². The summed E-state index contributed by atoms with van der Waals surface area (Å²) >= 11 is 0. The van der Waals surface area contributed by atoms with Crippen molar-refractivity contribution in [3.63, 3.8) is 0 Å². The van der Waals surface area contributed by atoms with Gasteiger partial charge in [-0.25, -0.2) is 0 Å². The Morgan fingerprint density at radius 1 is 1.11 bits per heavy atom. The molecular weight excluding hydrogens is 440 g/mol. The summed E-state index contributed by atoms with van der Waals surface area (Å²) in [7, 11) is 1.59. The van der Waals surface area contributed by atoms with E-state index in [-0.39, 0.29) is 11.8 Å². The Morgan fingerprint density at radius 3 is 2.54 bits per heavy atom. The molecule has 0 saturated carbocycles. The van der Waals surface area contributed by atoms with Crippen LogP contribution in [0.25, 0.3) is 0 Å². The van der Waals surface area contributed by atoms with Crippen molar-refractivity contribution in [1.82, 2.24) is 10.4 Å². The second-order valence-electron chi connectivity index (χ2n) is 8.18. The lowest BCUT2D eigenvalue weighted by Crippen LogP contribution is -2.21. The van der Waals surface area contributed by atoms with Crippen molar-refractivity contribution in [2.45, 2.75) is 19.4 Å². The van der Waals surface area contributed by atoms with Crippen molar-refractivity contribution in [2.24, 2.45) is 4.99 Å². The topological polar surface area (TPSA) is 94.0 Å². The Bertz CT molecular complexity index is 1320. The van der Waals surface area contributed by atoms with E-state index in [1.54, 1.807) is 19.2 Å². The fourth-order valence-electron chi connectivity index (χ4n) is 3.93. The Kier molecular flexibility index (Phi) is 7.36. The van der Waals surface area contributed by atoms with E-state index in [2.05, 4.69) is 22.5 Å². The van der Waals surface area contributed by atoms with Gasteiger partial charge in [0.15, 0.2) is 0 Å². The van der Waals surface area contributed by atoms with Crippen LogP contribution in [0.15, 0.2) is 77.8 Å². The number of carbonyl (C=O) groups excluding carboxylic acids is 2. The minimum absolute atomic E-state index is 0.171. The number of fused-ring (bicyclic) bond motifs is 1. The first-order valence-electron chi connectivity index (χ1n) is 11.3. The molecule has 3 aromatic carbocycles. The zero-order valence-corrected chi connectivity index (χ0v) is 19.6. The van der Waals surface area contributed by atoms with Gasteiger partial charge < -0.3 is 15.8 Å². The molecule has 1 aliphatic rings. The van der Waals surface area contributed by atoms with Gasteiger partial charge in [-0.2, -0.15) is 5.06 Å². The number of anilines is 1. The van der Waals surface area contributed by atoms with Gasteiger partial charge in [0.25, 0.3) is 5.91 Å². The molecule has 1 heterocycles. The number of benzene rings is 3. The summed E-state index contributed by atoms with van der Waals surface area (Å²) in [5.74, 6) is 4.29. The quantitative estimate of drug-likeness (QED) is 0.292. The first-order valence-corrected chi connectivity index (χ1v) is 11.3. The van der Waals surface area contributed by atoms with Crippen LogP contribution in [0.1, 0.15) is 35.1 Å². The Hall–Kier alpha value is -4.25. The van der Waals surface area contributed by atoms with Crippen molar-refractivity contribution in [3.05, 3.63) is 95.1 Å². The van der Waals surface area contributed by atoms with Crippen molar-refractivity contribution in [3.8, 4) is 11.8 Å². The van der Waals surface area contributed by atoms with E-state index in [4.69, 9.17) is 4.99 Å². The van der Waals surface area contributed by atoms with Crippen molar-refractivity contribution in [1.29, 1.82) is 0 Å². The number of carbonyl (C=O) groups is 2. The summed E-state index contributed by atoms with van der Waals surface area (Å²) in [6, 6.07) is 22.6. The highest BCUT2D eigenvalue weighted by Gasteiger charge is 2.35. The highest BCUT2D eigenvalue weighted by atomic mass is 16.5. The Balaban J connectivity index is 1.71. The normalized spacial score (nSPS) is 14.7. The van der Waals surface area contributed by atoms with Crippen LogP contribution in [0.5, 0.6) is 0 Å². The molecule has 7 heteroatoms. The maximum absolute atomic E-state index is 13.1. The smallest absolute Gasteiger partial charge is 0.296 e. The summed E-state index contributed by atoms with van der Waals surface area (Å²) in [5.41, 5.74) is 5.24. The predicted molar refractivity (Wildman–Crippen MR) is 136 cm³/mol. The minimum atomic E-state index is -0.596. The molecule has 176 valence electrons. The monoisotopic (exact) mass is 466 g/mol. The predicted octanol–water partition coefficient (Wildman–Crippen LogP) is 3.85. The average Bonchev–Trinajstić information content (AvgIpc) is 3.17. The fraction of sp³-hybridized carbons (Fsp3) is 0.179. The Morgan fingerprint density at radius 2 is 1.86 bits per heavy atom. The second-order valence-corrected chi connectivity index (χ2v) is 8.18. The first kappa shape index (κ1) is 23.9. The number of amides is 2. The lowest BCUT2D eigenvalue weighted by atomic mass is 9.90. The molecule has 1 atom stereocenters. The summed E-state index contributed by atoms with van der Waals surface area (Å²) in [4.78, 5) is 29.7. The maximum atomic E-state index is 13.1. The van der Waals surface area contributed by atoms with Crippen molar-refractivity contribution < 1.29 is 14.8 Å². The molecule has 4 rings (SSSR count). The van der Waals surface area contributed by atoms with Crippen LogP contribution in [-0.2, 0) is 16.1 Å². The lowest BCUT2D eigenvalue weighted by Gasteiger charge is -2.14. The fourth-order valence-corrected chi connectivity index (χ4v) is 3.93. The summed E-state index contributed by atoms with van der Waals surface area (Å²) in [5, 5.41) is 16.2. The Labute approximate surface area is 204 Å². The molecule has 1 aliphatic heterocycles. The molecule has 0 fully saturated rings. The number of hydroxylamine groups is 2. The second kappa shape index (κ2) is 10.8. The number of hydrogen-bond donors (Lipinski definition) is 3. The summed E-state index contributed by atoms with van der Waals surface area (Å²) in [6.45, 7) is 2.75. The van der Waals surface area contributed by atoms with E-state index < -0.39 is 5.92 Å². The molecule has 0 bridgehead atoms. The van der Waals surface area contributed by atoms with Crippen LogP contribution in [-0.4, -0.2) is 41.4 Å². The summed E-state index contributed by atoms with van der Waals surface area (Å²) in [6.07, 6.45) is 0. The van der Waals surface area contributed by atoms with Gasteiger partial charge in [-0.1, -0.05) is 54.5 Å². The molecule has 0 spiro atoms. The van der Waals surface area contributed by atoms with Crippen LogP contribution in [0.3, 0.4) is 0 Å². The van der Waals surface area contributed by atoms with E-state index in [1.165, 1.54) is 0 Å². The van der Waals surface area contributed by atoms with E-state index >= 15 is 0 Å². The number of nitrogens with zero attached hydrogens (tertiary/aromatic N) is 2. The first-order chi connectivity index (χ1) is 16.9. The third-order valence-corrected chi connectivity index (χ3v) is 5.48. The van der Waals surface area contributed by atoms with E-state index in [1.807, 2.05) is 67.6 Å². The number of rotatable bonds is 6. The molecule has 2 amide bonds. The zero-order chi connectivity index (χ0) is 24.8. The molecule has 7 nitrogen and oxygen atoms in total. The SMILES string of the molecule is CCNC(=O)C#Cc1ccc2c(c1)NC(=O)C2C(=Nc1ccc(CN(C)O)cc1)c1ccccc1. The average molecular weight is 467 g/mol. The zero-order valence-electron chi connectivity index (χ0n) is 19.6. The van der Waals surface area contributed by atoms with Gasteiger partial charge in [0, 0.05) is 37.3 Å². The van der Waals surface area contributed by atoms with E-state index in [0.29, 0.717) is 35.7 Å². The molecule has 1 unspecified atom stereocenters. The molecule has 35 heavy (non-hydrogen) atoms. The summed E-state index contributed by atoms with van der Waals surface area (Å²) < 4.78 is 0. The van der Waals surface area contributed by atoms with Gasteiger partial charge >= 0.3 is 0 Å². The van der Waals surface area contributed by atoms with Gasteiger partial charge in [-0.3, -0.25) is 14.6 Å². The van der Waals surface area contributed by atoms with Crippen molar-refractivity contribution in [2.75, 3.05) is 18.9 Å². The van der Waals surface area contributed by atoms with E-state index in [9.17, 15) is 14.8 Å². The van der Waals surface area contributed by atoms with Crippen LogP contribution in [0.4, 0.5) is 11.4 Å². The largest absolute Gasteiger partial charge is 0.346 e. The number of aliphatic imine (C=N–C) groups is 1. The van der Waals surface area contributed by atoms with E-state index in [0.717, 1.165) is 21.8 Å². The highest BCUT2D eigenvalue weighted by molar-refractivity contribution is 6.24. The molecule has 0 aliphatic carbocycles. The molecule has 0 radical (unpaired) electrons. The third-order valence-electron chi connectivity index (χ3n) is 5.48. The van der Waals surface area contributed by atoms with Crippen molar-refractivity contribution >= 4 is 28.9 Å². The highest BCUT2D eigenvalue weighted by Crippen LogP contribution is 2.36. The standard InChI is InChI=1S/C28H26N4O3/c1-3-29-25(33)16-12-19-11-15-23-24(17-19)31-28(34)26(23)27(21-7-5-4-6-8-21)30-22-13-9-20(10-14-22)18-32(2)35/h4-11,13-15,17,26,35H,3,18H2,1-2H3,(H,29,33)(H,31,34). The number of hydrogen-bond acceptors (Lipinski definition) is 5. The van der Waals surface area contributed by atoms with Gasteiger partial charge in [0.2, 0.25) is 5.91 Å². The van der Waals surface area contributed by atoms with Gasteiger partial charge in [-0.05, 0) is 47.9 Å². The third kappa shape index (κ3) is 5.82. The number of nitrogens with one attached hydrogen (secondary N) is 2. The van der Waals surface area contributed by atoms with Gasteiger partial charge in [-0.15, -0.1) is 0 Å².